The Labute approximate surface area is 82.3 Å². The van der Waals surface area contributed by atoms with Crippen LogP contribution in [-0.4, -0.2) is 13.1 Å². The quantitative estimate of drug-likeness (QED) is 0.684. The number of hydrogen-bond donors (Lipinski definition) is 0. The summed E-state index contributed by atoms with van der Waals surface area (Å²) >= 11 is 6.02. The Morgan fingerprint density at radius 2 is 2.15 bits per heavy atom. The van der Waals surface area contributed by atoms with E-state index >= 15 is 0 Å². The molecular weight excluding hydrogens is 184 g/mol. The largest absolute Gasteiger partial charge is 0.370 e. The molecule has 0 unspecified atom stereocenters. The van der Waals surface area contributed by atoms with Gasteiger partial charge in [0.2, 0.25) is 0 Å². The van der Waals surface area contributed by atoms with Crippen LogP contribution in [0.15, 0.2) is 18.2 Å². The molecule has 0 N–H and O–H groups in total. The van der Waals surface area contributed by atoms with Crippen LogP contribution in [0.3, 0.4) is 0 Å². The van der Waals surface area contributed by atoms with Gasteiger partial charge in [-0.2, -0.15) is 5.26 Å². The minimum atomic E-state index is 0.620. The summed E-state index contributed by atoms with van der Waals surface area (Å²) in [6, 6.07) is 7.51. The van der Waals surface area contributed by atoms with Crippen molar-refractivity contribution in [1.82, 2.24) is 0 Å². The molecule has 13 heavy (non-hydrogen) atoms. The molecule has 2 rings (SSSR count). The third kappa shape index (κ3) is 1.48. The number of benzene rings is 1. The molecule has 1 aromatic carbocycles. The fourth-order valence-electron chi connectivity index (χ4n) is 1.39. The fourth-order valence-corrected chi connectivity index (χ4v) is 1.69. The molecule has 1 aliphatic heterocycles. The molecule has 0 radical (unpaired) electrons. The van der Waals surface area contributed by atoms with E-state index in [0.29, 0.717) is 10.6 Å². The van der Waals surface area contributed by atoms with Crippen LogP contribution in [0.5, 0.6) is 0 Å². The molecule has 1 aliphatic rings. The molecule has 1 heterocycles. The Morgan fingerprint density at radius 3 is 2.62 bits per heavy atom. The van der Waals surface area contributed by atoms with E-state index in [2.05, 4.69) is 11.0 Å². The zero-order valence-corrected chi connectivity index (χ0v) is 7.88. The Balaban J connectivity index is 2.32. The highest BCUT2D eigenvalue weighted by atomic mass is 35.5. The molecular formula is C10H9ClN2. The average Bonchev–Trinajstić information content (AvgIpc) is 2.05. The first kappa shape index (κ1) is 8.40. The highest BCUT2D eigenvalue weighted by Crippen LogP contribution is 2.29. The zero-order valence-electron chi connectivity index (χ0n) is 7.13. The number of anilines is 1. The Bertz CT molecular complexity index is 364. The van der Waals surface area contributed by atoms with Gasteiger partial charge in [0, 0.05) is 13.1 Å². The summed E-state index contributed by atoms with van der Waals surface area (Å²) in [5.41, 5.74) is 1.67. The highest BCUT2D eigenvalue weighted by Gasteiger charge is 2.16. The zero-order chi connectivity index (χ0) is 9.26. The van der Waals surface area contributed by atoms with E-state index in [9.17, 15) is 0 Å². The van der Waals surface area contributed by atoms with Gasteiger partial charge in [0.1, 0.15) is 0 Å². The SMILES string of the molecule is N#Cc1ccc(N2CCC2)c(Cl)c1. The third-order valence-corrected chi connectivity index (χ3v) is 2.58. The molecule has 0 aliphatic carbocycles. The lowest BCUT2D eigenvalue weighted by Crippen LogP contribution is -2.37. The molecule has 0 amide bonds. The Kier molecular flexibility index (Phi) is 2.12. The number of nitriles is 1. The van der Waals surface area contributed by atoms with Crippen LogP contribution in [-0.2, 0) is 0 Å². The lowest BCUT2D eigenvalue weighted by atomic mass is 10.1. The van der Waals surface area contributed by atoms with E-state index in [1.807, 2.05) is 6.07 Å². The predicted octanol–water partition coefficient (Wildman–Crippen LogP) is 2.42. The summed E-state index contributed by atoms with van der Waals surface area (Å²) in [6.07, 6.45) is 1.23. The first-order valence-corrected chi connectivity index (χ1v) is 4.63. The van der Waals surface area contributed by atoms with Crippen molar-refractivity contribution in [1.29, 1.82) is 5.26 Å². The minimum Gasteiger partial charge on any atom is -0.370 e. The van der Waals surface area contributed by atoms with Crippen LogP contribution in [0.1, 0.15) is 12.0 Å². The molecule has 1 aromatic rings. The molecule has 0 aromatic heterocycles. The van der Waals surface area contributed by atoms with Crippen LogP contribution >= 0.6 is 11.6 Å². The van der Waals surface area contributed by atoms with Crippen molar-refractivity contribution in [3.8, 4) is 6.07 Å². The average molecular weight is 193 g/mol. The summed E-state index contributed by atoms with van der Waals surface area (Å²) < 4.78 is 0. The summed E-state index contributed by atoms with van der Waals surface area (Å²) in [5, 5.41) is 9.32. The van der Waals surface area contributed by atoms with E-state index in [0.717, 1.165) is 18.8 Å². The maximum atomic E-state index is 8.64. The molecule has 0 spiro atoms. The number of halogens is 1. The van der Waals surface area contributed by atoms with Gasteiger partial charge in [-0.3, -0.25) is 0 Å². The maximum Gasteiger partial charge on any atom is 0.0992 e. The molecule has 3 heteroatoms. The van der Waals surface area contributed by atoms with Crippen molar-refractivity contribution in [2.24, 2.45) is 0 Å². The second-order valence-electron chi connectivity index (χ2n) is 3.12. The van der Waals surface area contributed by atoms with Crippen LogP contribution in [0.2, 0.25) is 5.02 Å². The van der Waals surface area contributed by atoms with Gasteiger partial charge in [-0.15, -0.1) is 0 Å². The van der Waals surface area contributed by atoms with Crippen molar-refractivity contribution in [3.05, 3.63) is 28.8 Å². The van der Waals surface area contributed by atoms with Gasteiger partial charge >= 0.3 is 0 Å². The van der Waals surface area contributed by atoms with Crippen LogP contribution in [0, 0.1) is 11.3 Å². The monoisotopic (exact) mass is 192 g/mol. The predicted molar refractivity (Wildman–Crippen MR) is 53.0 cm³/mol. The topological polar surface area (TPSA) is 27.0 Å². The van der Waals surface area contributed by atoms with Crippen molar-refractivity contribution < 1.29 is 0 Å². The number of rotatable bonds is 1. The molecule has 2 nitrogen and oxygen atoms in total. The van der Waals surface area contributed by atoms with Gasteiger partial charge in [-0.1, -0.05) is 11.6 Å². The van der Waals surface area contributed by atoms with Gasteiger partial charge < -0.3 is 4.90 Å². The molecule has 1 fully saturated rings. The molecule has 0 bridgehead atoms. The third-order valence-electron chi connectivity index (χ3n) is 2.27. The fraction of sp³-hybridized carbons (Fsp3) is 0.300. The van der Waals surface area contributed by atoms with Crippen LogP contribution in [0.4, 0.5) is 5.69 Å². The molecule has 66 valence electrons. The van der Waals surface area contributed by atoms with Crippen LogP contribution < -0.4 is 4.90 Å². The smallest absolute Gasteiger partial charge is 0.0992 e. The number of nitrogens with zero attached hydrogens (tertiary/aromatic N) is 2. The van der Waals surface area contributed by atoms with E-state index in [4.69, 9.17) is 16.9 Å². The normalized spacial score (nSPS) is 14.9. The lowest BCUT2D eigenvalue weighted by molar-refractivity contribution is 0.618. The molecule has 0 saturated carbocycles. The van der Waals surface area contributed by atoms with Gasteiger partial charge in [-0.25, -0.2) is 0 Å². The summed E-state index contributed by atoms with van der Waals surface area (Å²) in [6.45, 7) is 2.15. The first-order chi connectivity index (χ1) is 6.31. The van der Waals surface area contributed by atoms with Gasteiger partial charge in [0.15, 0.2) is 0 Å². The number of hydrogen-bond acceptors (Lipinski definition) is 2. The standard InChI is InChI=1S/C10H9ClN2/c11-9-6-8(7-12)2-3-10(9)13-4-1-5-13/h2-3,6H,1,4-5H2. The lowest BCUT2D eigenvalue weighted by Gasteiger charge is -2.33. The van der Waals surface area contributed by atoms with E-state index in [1.165, 1.54) is 6.42 Å². The van der Waals surface area contributed by atoms with Crippen molar-refractivity contribution in [2.45, 2.75) is 6.42 Å². The highest BCUT2D eigenvalue weighted by molar-refractivity contribution is 6.33. The van der Waals surface area contributed by atoms with Crippen LogP contribution in [0.25, 0.3) is 0 Å². The molecule has 1 saturated heterocycles. The minimum absolute atomic E-state index is 0.620. The Hall–Kier alpha value is -1.20. The van der Waals surface area contributed by atoms with Gasteiger partial charge in [0.25, 0.3) is 0 Å². The summed E-state index contributed by atoms with van der Waals surface area (Å²) in [7, 11) is 0. The van der Waals surface area contributed by atoms with E-state index in [-0.39, 0.29) is 0 Å². The van der Waals surface area contributed by atoms with Gasteiger partial charge in [-0.05, 0) is 24.6 Å². The second kappa shape index (κ2) is 3.27. The van der Waals surface area contributed by atoms with Crippen molar-refractivity contribution >= 4 is 17.3 Å². The molecule has 0 atom stereocenters. The van der Waals surface area contributed by atoms with E-state index < -0.39 is 0 Å². The van der Waals surface area contributed by atoms with Crippen molar-refractivity contribution in [3.63, 3.8) is 0 Å². The summed E-state index contributed by atoms with van der Waals surface area (Å²) in [4.78, 5) is 2.21. The Morgan fingerprint density at radius 1 is 1.38 bits per heavy atom. The second-order valence-corrected chi connectivity index (χ2v) is 3.53. The van der Waals surface area contributed by atoms with Crippen molar-refractivity contribution in [2.75, 3.05) is 18.0 Å². The van der Waals surface area contributed by atoms with Gasteiger partial charge in [0.05, 0.1) is 22.3 Å². The summed E-state index contributed by atoms with van der Waals surface area (Å²) in [5.74, 6) is 0. The maximum absolute atomic E-state index is 8.64. The first-order valence-electron chi connectivity index (χ1n) is 4.26. The van der Waals surface area contributed by atoms with E-state index in [1.54, 1.807) is 12.1 Å².